The molecule has 3 fully saturated rings. The van der Waals surface area contributed by atoms with Gasteiger partial charge in [0.15, 0.2) is 17.4 Å². The van der Waals surface area contributed by atoms with E-state index < -0.39 is 40.2 Å². The van der Waals surface area contributed by atoms with E-state index in [0.717, 1.165) is 24.8 Å². The highest BCUT2D eigenvalue weighted by molar-refractivity contribution is 6.03. The molecule has 0 aromatic carbocycles. The van der Waals surface area contributed by atoms with E-state index in [2.05, 4.69) is 44.6 Å². The Morgan fingerprint density at radius 3 is 2.39 bits per heavy atom. The van der Waals surface area contributed by atoms with Gasteiger partial charge in [-0.3, -0.25) is 4.79 Å². The number of nitrogens with two attached hydrogens (primary N) is 1. The standard InChI is InChI=1S/C33H44FN3O4/c1-28(2)11-13-33(27(40)41-37-24(35)18-34)14-12-32(7)25(19(33)16-28)21(38)15-23-30(5)17-20(36-8)26(39)29(3,4)22(30)9-10-31(23,32)6/h15,17,19,22,25H,9-14,16,18H2,1-7H3,(H2,35,37)/t19-,22-,25-,30-,31+,32+,33-/m0/s1. The van der Waals surface area contributed by atoms with Crippen molar-refractivity contribution in [2.24, 2.45) is 61.1 Å². The summed E-state index contributed by atoms with van der Waals surface area (Å²) in [5.74, 6) is -1.69. The molecular weight excluding hydrogens is 521 g/mol. The number of allylic oxidation sites excluding steroid dienone is 4. The summed E-state index contributed by atoms with van der Waals surface area (Å²) < 4.78 is 13.0. The average molecular weight is 566 g/mol. The van der Waals surface area contributed by atoms with E-state index >= 15 is 0 Å². The molecule has 0 bridgehead atoms. The highest BCUT2D eigenvalue weighted by atomic mass is 19.1. The fourth-order valence-electron chi connectivity index (χ4n) is 10.2. The fraction of sp³-hybridized carbons (Fsp3) is 0.727. The molecule has 5 aliphatic rings. The molecule has 0 unspecified atom stereocenters. The van der Waals surface area contributed by atoms with E-state index in [-0.39, 0.29) is 45.8 Å². The van der Waals surface area contributed by atoms with Gasteiger partial charge in [0.05, 0.1) is 12.0 Å². The van der Waals surface area contributed by atoms with Crippen molar-refractivity contribution in [1.29, 1.82) is 0 Å². The lowest BCUT2D eigenvalue weighted by Crippen LogP contribution is -2.65. The molecule has 0 amide bonds. The maximum atomic E-state index is 14.5. The van der Waals surface area contributed by atoms with E-state index in [9.17, 15) is 18.8 Å². The van der Waals surface area contributed by atoms with Gasteiger partial charge in [0.2, 0.25) is 5.70 Å². The van der Waals surface area contributed by atoms with Crippen LogP contribution in [0.5, 0.6) is 0 Å². The number of fused-ring (bicyclic) bond motifs is 7. The highest BCUT2D eigenvalue weighted by Gasteiger charge is 2.71. The molecule has 3 saturated carbocycles. The van der Waals surface area contributed by atoms with Gasteiger partial charge in [0, 0.05) is 16.7 Å². The first-order valence-corrected chi connectivity index (χ1v) is 14.9. The van der Waals surface area contributed by atoms with Crippen molar-refractivity contribution in [3.8, 4) is 0 Å². The molecule has 0 heterocycles. The zero-order valence-electron chi connectivity index (χ0n) is 25.5. The first-order valence-electron chi connectivity index (χ1n) is 14.9. The minimum atomic E-state index is -1.01. The summed E-state index contributed by atoms with van der Waals surface area (Å²) in [4.78, 5) is 50.4. The first kappa shape index (κ1) is 29.7. The number of halogens is 1. The van der Waals surface area contributed by atoms with E-state index in [1.165, 1.54) is 0 Å². The van der Waals surface area contributed by atoms with Crippen molar-refractivity contribution in [3.05, 3.63) is 34.8 Å². The number of hydrogen-bond acceptors (Lipinski definition) is 5. The summed E-state index contributed by atoms with van der Waals surface area (Å²) in [6, 6.07) is 0. The van der Waals surface area contributed by atoms with Crippen LogP contribution in [0.3, 0.4) is 0 Å². The smallest absolute Gasteiger partial charge is 0.341 e. The molecule has 0 saturated heterocycles. The van der Waals surface area contributed by atoms with Gasteiger partial charge in [-0.15, -0.1) is 0 Å². The number of amidine groups is 1. The predicted octanol–water partition coefficient (Wildman–Crippen LogP) is 6.34. The van der Waals surface area contributed by atoms with Gasteiger partial charge in [-0.25, -0.2) is 14.0 Å². The number of nitrogens with zero attached hydrogens (tertiary/aromatic N) is 2. The summed E-state index contributed by atoms with van der Waals surface area (Å²) in [5.41, 5.74) is 3.60. The summed E-state index contributed by atoms with van der Waals surface area (Å²) >= 11 is 0. The lowest BCUT2D eigenvalue weighted by atomic mass is 9.34. The Labute approximate surface area is 243 Å². The van der Waals surface area contributed by atoms with Crippen molar-refractivity contribution in [2.45, 2.75) is 93.4 Å². The summed E-state index contributed by atoms with van der Waals surface area (Å²) in [6.07, 6.45) is 8.58. The molecule has 8 heteroatoms. The molecule has 0 aromatic rings. The summed E-state index contributed by atoms with van der Waals surface area (Å²) in [5, 5.41) is 3.56. The topological polar surface area (TPSA) is 103 Å². The zero-order chi connectivity index (χ0) is 30.4. The molecule has 0 aromatic heterocycles. The van der Waals surface area contributed by atoms with Gasteiger partial charge >= 0.3 is 5.97 Å². The van der Waals surface area contributed by atoms with E-state index in [4.69, 9.17) is 17.1 Å². The molecule has 5 rings (SSSR count). The Hall–Kier alpha value is -2.82. The minimum Gasteiger partial charge on any atom is -0.382 e. The largest absolute Gasteiger partial charge is 0.382 e. The zero-order valence-corrected chi connectivity index (χ0v) is 25.5. The third-order valence-electron chi connectivity index (χ3n) is 12.6. The molecule has 222 valence electrons. The summed E-state index contributed by atoms with van der Waals surface area (Å²) in [6.45, 7) is 21.6. The Morgan fingerprint density at radius 1 is 1.10 bits per heavy atom. The maximum Gasteiger partial charge on any atom is 0.341 e. The second kappa shape index (κ2) is 9.09. The molecule has 0 radical (unpaired) electrons. The fourth-order valence-corrected chi connectivity index (χ4v) is 10.2. The lowest BCUT2D eigenvalue weighted by molar-refractivity contribution is -0.193. The highest BCUT2D eigenvalue weighted by Crippen LogP contribution is 2.74. The summed E-state index contributed by atoms with van der Waals surface area (Å²) in [7, 11) is 0. The van der Waals surface area contributed by atoms with E-state index in [1.54, 1.807) is 0 Å². The number of rotatable bonds is 3. The molecule has 0 spiro atoms. The number of ketones is 2. The molecule has 7 nitrogen and oxygen atoms in total. The van der Waals surface area contributed by atoms with Gasteiger partial charge < -0.3 is 15.4 Å². The number of oxime groups is 1. The van der Waals surface area contributed by atoms with Crippen molar-refractivity contribution >= 4 is 23.4 Å². The van der Waals surface area contributed by atoms with Crippen molar-refractivity contribution in [3.63, 3.8) is 0 Å². The van der Waals surface area contributed by atoms with Crippen LogP contribution in [0.1, 0.15) is 93.4 Å². The number of alkyl halides is 1. The lowest BCUT2D eigenvalue weighted by Gasteiger charge is -2.68. The second-order valence-electron chi connectivity index (χ2n) is 15.5. The van der Waals surface area contributed by atoms with Gasteiger partial charge in [0.1, 0.15) is 6.67 Å². The third kappa shape index (κ3) is 3.86. The SMILES string of the molecule is [C-]#[N+]C1=C[C@]2(C)C3=CC(=O)[C@@H]4[C@@H]5CC(C)(C)CC[C@]5(C(=O)ON=C(N)CF)CC[C@@]4(C)[C@]3(C)CC[C@H]2C(C)(C)C1=O. The molecule has 7 atom stereocenters. The van der Waals surface area contributed by atoms with Crippen LogP contribution >= 0.6 is 0 Å². The van der Waals surface area contributed by atoms with Crippen LogP contribution in [0.2, 0.25) is 0 Å². The molecule has 5 aliphatic carbocycles. The third-order valence-corrected chi connectivity index (χ3v) is 12.6. The average Bonchev–Trinajstić information content (AvgIpc) is 2.90. The number of hydrogen-bond donors (Lipinski definition) is 1. The Kier molecular flexibility index (Phi) is 6.58. The minimum absolute atomic E-state index is 0.0145. The monoisotopic (exact) mass is 565 g/mol. The second-order valence-corrected chi connectivity index (χ2v) is 15.5. The van der Waals surface area contributed by atoms with Crippen molar-refractivity contribution in [2.75, 3.05) is 6.67 Å². The van der Waals surface area contributed by atoms with Gasteiger partial charge in [-0.05, 0) is 79.1 Å². The van der Waals surface area contributed by atoms with Gasteiger partial charge in [-0.1, -0.05) is 65.3 Å². The van der Waals surface area contributed by atoms with Crippen LogP contribution in [0.15, 0.2) is 28.6 Å². The van der Waals surface area contributed by atoms with Crippen LogP contribution in [0.25, 0.3) is 4.85 Å². The maximum absolute atomic E-state index is 14.5. The number of Topliss-reactive ketones (excluding diaryl/α,β-unsaturated/α-hetero) is 1. The van der Waals surface area contributed by atoms with Gasteiger partial charge in [0.25, 0.3) is 0 Å². The Balaban J connectivity index is 1.66. The number of carbonyl (C=O) groups is 3. The van der Waals surface area contributed by atoms with Crippen molar-refractivity contribution < 1.29 is 23.6 Å². The van der Waals surface area contributed by atoms with Crippen LogP contribution in [-0.4, -0.2) is 30.0 Å². The normalized spacial score (nSPS) is 42.8. The van der Waals surface area contributed by atoms with E-state index in [0.29, 0.717) is 25.7 Å². The van der Waals surface area contributed by atoms with Crippen molar-refractivity contribution in [1.82, 2.24) is 0 Å². The molecule has 41 heavy (non-hydrogen) atoms. The van der Waals surface area contributed by atoms with Crippen LogP contribution in [0, 0.1) is 56.8 Å². The first-order chi connectivity index (χ1) is 18.9. The Morgan fingerprint density at radius 2 is 1.76 bits per heavy atom. The van der Waals surface area contributed by atoms with Crippen LogP contribution in [-0.2, 0) is 19.2 Å². The number of carbonyl (C=O) groups excluding carboxylic acids is 3. The van der Waals surface area contributed by atoms with Crippen LogP contribution < -0.4 is 5.73 Å². The predicted molar refractivity (Wildman–Crippen MR) is 154 cm³/mol. The quantitative estimate of drug-likeness (QED) is 0.141. The van der Waals surface area contributed by atoms with Crippen LogP contribution in [0.4, 0.5) is 4.39 Å². The van der Waals surface area contributed by atoms with Gasteiger partial charge in [-0.2, -0.15) is 0 Å². The Bertz CT molecular complexity index is 1350. The van der Waals surface area contributed by atoms with E-state index in [1.807, 2.05) is 26.0 Å². The molecule has 0 aliphatic heterocycles. The molecular formula is C33H44FN3O4. The molecule has 2 N–H and O–H groups in total.